The summed E-state index contributed by atoms with van der Waals surface area (Å²) in [6, 6.07) is 0.649. The van der Waals surface area contributed by atoms with E-state index in [0.29, 0.717) is 12.5 Å². The molecule has 1 aliphatic carbocycles. The van der Waals surface area contributed by atoms with E-state index in [1.54, 1.807) is 0 Å². The van der Waals surface area contributed by atoms with Crippen molar-refractivity contribution in [1.29, 1.82) is 0 Å². The molecule has 1 N–H and O–H groups in total. The molecule has 0 amide bonds. The normalized spacial score (nSPS) is 33.9. The van der Waals surface area contributed by atoms with Gasteiger partial charge < -0.3 is 14.8 Å². The van der Waals surface area contributed by atoms with Crippen molar-refractivity contribution in [3.63, 3.8) is 0 Å². The van der Waals surface area contributed by atoms with Crippen LogP contribution in [0.4, 0.5) is 13.2 Å². The third-order valence-corrected chi connectivity index (χ3v) is 4.28. The molecular weight excluding hydrogens is 283 g/mol. The zero-order valence-corrected chi connectivity index (χ0v) is 12.8. The highest BCUT2D eigenvalue weighted by Gasteiger charge is 2.33. The lowest BCUT2D eigenvalue weighted by Crippen LogP contribution is -2.49. The van der Waals surface area contributed by atoms with Gasteiger partial charge in [0.2, 0.25) is 0 Å². The fourth-order valence-electron chi connectivity index (χ4n) is 3.37. The van der Waals surface area contributed by atoms with Crippen LogP contribution in [0, 0.1) is 0 Å². The van der Waals surface area contributed by atoms with Crippen LogP contribution >= 0.6 is 0 Å². The van der Waals surface area contributed by atoms with Crippen molar-refractivity contribution in [3.05, 3.63) is 0 Å². The van der Waals surface area contributed by atoms with Gasteiger partial charge in [0, 0.05) is 18.7 Å². The summed E-state index contributed by atoms with van der Waals surface area (Å²) in [6.07, 6.45) is 0.750. The van der Waals surface area contributed by atoms with Crippen LogP contribution in [0.15, 0.2) is 0 Å². The van der Waals surface area contributed by atoms with Gasteiger partial charge in [0.1, 0.15) is 6.61 Å². The molecule has 6 heteroatoms. The van der Waals surface area contributed by atoms with Gasteiger partial charge in [-0.15, -0.1) is 0 Å². The van der Waals surface area contributed by atoms with Crippen LogP contribution in [-0.4, -0.2) is 43.2 Å². The van der Waals surface area contributed by atoms with E-state index in [0.717, 1.165) is 38.7 Å². The fourth-order valence-corrected chi connectivity index (χ4v) is 3.37. The quantitative estimate of drug-likeness (QED) is 0.863. The average Bonchev–Trinajstić information content (AvgIpc) is 2.35. The topological polar surface area (TPSA) is 30.5 Å². The Balaban J connectivity index is 1.76. The van der Waals surface area contributed by atoms with Crippen molar-refractivity contribution in [2.45, 2.75) is 82.3 Å². The number of rotatable bonds is 4. The predicted octanol–water partition coefficient (Wildman–Crippen LogP) is 3.42. The van der Waals surface area contributed by atoms with Gasteiger partial charge in [0.15, 0.2) is 0 Å². The summed E-state index contributed by atoms with van der Waals surface area (Å²) in [5, 5.41) is 3.60. The summed E-state index contributed by atoms with van der Waals surface area (Å²) >= 11 is 0. The van der Waals surface area contributed by atoms with Crippen LogP contribution in [0.2, 0.25) is 0 Å². The number of hydrogen-bond acceptors (Lipinski definition) is 3. The van der Waals surface area contributed by atoms with E-state index < -0.39 is 12.8 Å². The molecule has 0 aromatic heterocycles. The van der Waals surface area contributed by atoms with Crippen molar-refractivity contribution >= 4 is 0 Å². The van der Waals surface area contributed by atoms with Gasteiger partial charge in [0.25, 0.3) is 0 Å². The molecule has 124 valence electrons. The number of alkyl halides is 3. The molecule has 0 radical (unpaired) electrons. The number of hydrogen-bond donors (Lipinski definition) is 1. The Hall–Kier alpha value is -0.330. The van der Waals surface area contributed by atoms with Gasteiger partial charge >= 0.3 is 6.18 Å². The Kier molecular flexibility index (Phi) is 5.54. The van der Waals surface area contributed by atoms with Crippen LogP contribution in [0.5, 0.6) is 0 Å². The smallest absolute Gasteiger partial charge is 0.375 e. The first-order valence-electron chi connectivity index (χ1n) is 7.82. The summed E-state index contributed by atoms with van der Waals surface area (Å²) in [5.41, 5.74) is -0.114. The Morgan fingerprint density at radius 2 is 1.95 bits per heavy atom. The number of halogens is 3. The van der Waals surface area contributed by atoms with E-state index in [2.05, 4.69) is 19.2 Å². The Bertz CT molecular complexity index is 333. The van der Waals surface area contributed by atoms with E-state index in [-0.39, 0.29) is 17.7 Å². The van der Waals surface area contributed by atoms with Crippen LogP contribution in [0.25, 0.3) is 0 Å². The lowest BCUT2D eigenvalue weighted by Gasteiger charge is -2.39. The minimum absolute atomic E-state index is 0.114. The van der Waals surface area contributed by atoms with Gasteiger partial charge in [-0.3, -0.25) is 0 Å². The van der Waals surface area contributed by atoms with Gasteiger partial charge in [0.05, 0.1) is 11.7 Å². The minimum Gasteiger partial charge on any atom is -0.375 e. The van der Waals surface area contributed by atoms with E-state index in [4.69, 9.17) is 9.47 Å². The van der Waals surface area contributed by atoms with E-state index in [9.17, 15) is 13.2 Å². The van der Waals surface area contributed by atoms with Crippen molar-refractivity contribution in [2.24, 2.45) is 0 Å². The molecule has 0 aromatic carbocycles. The molecule has 2 rings (SSSR count). The van der Waals surface area contributed by atoms with Crippen molar-refractivity contribution in [1.82, 2.24) is 5.32 Å². The average molecular weight is 309 g/mol. The molecule has 1 aliphatic heterocycles. The van der Waals surface area contributed by atoms with E-state index in [1.807, 2.05) is 0 Å². The summed E-state index contributed by atoms with van der Waals surface area (Å²) in [4.78, 5) is 0. The predicted molar refractivity (Wildman–Crippen MR) is 74.2 cm³/mol. The highest BCUT2D eigenvalue weighted by Crippen LogP contribution is 2.28. The van der Waals surface area contributed by atoms with Gasteiger partial charge in [-0.1, -0.05) is 0 Å². The van der Waals surface area contributed by atoms with Crippen LogP contribution in [0.3, 0.4) is 0 Å². The van der Waals surface area contributed by atoms with Gasteiger partial charge in [-0.25, -0.2) is 0 Å². The first-order chi connectivity index (χ1) is 9.73. The molecule has 3 unspecified atom stereocenters. The van der Waals surface area contributed by atoms with Crippen LogP contribution in [-0.2, 0) is 9.47 Å². The lowest BCUT2D eigenvalue weighted by molar-refractivity contribution is -0.188. The summed E-state index contributed by atoms with van der Waals surface area (Å²) in [6.45, 7) is 3.77. The second-order valence-corrected chi connectivity index (χ2v) is 6.88. The van der Waals surface area contributed by atoms with Crippen molar-refractivity contribution < 1.29 is 22.6 Å². The summed E-state index contributed by atoms with van der Waals surface area (Å²) < 4.78 is 47.3. The van der Waals surface area contributed by atoms with Gasteiger partial charge in [-0.2, -0.15) is 13.2 Å². The molecule has 2 fully saturated rings. The molecule has 0 bridgehead atoms. The molecule has 3 atom stereocenters. The Morgan fingerprint density at radius 3 is 2.62 bits per heavy atom. The molecule has 1 saturated heterocycles. The lowest BCUT2D eigenvalue weighted by atomic mass is 9.89. The summed E-state index contributed by atoms with van der Waals surface area (Å²) in [7, 11) is 0. The van der Waals surface area contributed by atoms with Crippen LogP contribution in [0.1, 0.15) is 52.4 Å². The standard InChI is InChI=1S/C15H26F3NO2/c1-14(2)9-12(6-7-21-14)19-11-4-3-5-13(8-11)20-10-15(16,17)18/h11-13,19H,3-10H2,1-2H3. The van der Waals surface area contributed by atoms with Gasteiger partial charge in [-0.05, 0) is 52.4 Å². The second-order valence-electron chi connectivity index (χ2n) is 6.88. The first kappa shape index (κ1) is 17.0. The Labute approximate surface area is 124 Å². The maximum atomic E-state index is 12.2. The van der Waals surface area contributed by atoms with E-state index in [1.165, 1.54) is 0 Å². The zero-order chi connectivity index (χ0) is 15.5. The highest BCUT2D eigenvalue weighted by molar-refractivity contribution is 4.87. The Morgan fingerprint density at radius 1 is 1.19 bits per heavy atom. The maximum Gasteiger partial charge on any atom is 0.411 e. The molecule has 2 aliphatic rings. The third-order valence-electron chi connectivity index (χ3n) is 4.28. The molecule has 1 heterocycles. The second kappa shape index (κ2) is 6.84. The molecule has 1 saturated carbocycles. The van der Waals surface area contributed by atoms with Crippen molar-refractivity contribution in [2.75, 3.05) is 13.2 Å². The van der Waals surface area contributed by atoms with Crippen molar-refractivity contribution in [3.8, 4) is 0 Å². The van der Waals surface area contributed by atoms with E-state index >= 15 is 0 Å². The molecule has 0 aromatic rings. The zero-order valence-electron chi connectivity index (χ0n) is 12.8. The SMILES string of the molecule is CC1(C)CC(NC2CCCC(OCC(F)(F)F)C2)CCO1. The molecule has 0 spiro atoms. The largest absolute Gasteiger partial charge is 0.411 e. The van der Waals surface area contributed by atoms with Crippen LogP contribution < -0.4 is 5.32 Å². The molecule has 21 heavy (non-hydrogen) atoms. The summed E-state index contributed by atoms with van der Waals surface area (Å²) in [5.74, 6) is 0. The number of nitrogens with one attached hydrogen (secondary N) is 1. The highest BCUT2D eigenvalue weighted by atomic mass is 19.4. The fraction of sp³-hybridized carbons (Fsp3) is 1.00. The maximum absolute atomic E-state index is 12.2. The molecule has 3 nitrogen and oxygen atoms in total. The monoisotopic (exact) mass is 309 g/mol. The third kappa shape index (κ3) is 6.12. The minimum atomic E-state index is -4.23. The number of ether oxygens (including phenoxy) is 2. The molecular formula is C15H26F3NO2. The first-order valence-corrected chi connectivity index (χ1v) is 7.82.